The Hall–Kier alpha value is -5.19. The van der Waals surface area contributed by atoms with Crippen molar-refractivity contribution in [2.75, 3.05) is 44.2 Å². The zero-order chi connectivity index (χ0) is 40.5. The second-order valence-electron chi connectivity index (χ2n) is 16.6. The SMILES string of the molecule is CC1(C)C(NC(=O)c2ccc(N3CCN(CCCCCOc4cccc5c4CN([C@H]4CCC(=O)NC4=O)C5=O)CC3)nc2)C(C)(C)C1Oc1ccc(C#N)c(Cl)c1. The number of piperidine rings is 1. The third kappa shape index (κ3) is 8.16. The highest BCUT2D eigenvalue weighted by Crippen LogP contribution is 2.55. The van der Waals surface area contributed by atoms with E-state index < -0.39 is 11.9 Å². The second-order valence-corrected chi connectivity index (χ2v) is 17.0. The highest BCUT2D eigenvalue weighted by molar-refractivity contribution is 6.31. The van der Waals surface area contributed by atoms with Crippen molar-refractivity contribution in [1.82, 2.24) is 25.4 Å². The molecule has 0 radical (unpaired) electrons. The number of carbonyl (C=O) groups excluding carboxylic acids is 4. The Labute approximate surface area is 338 Å². The number of benzene rings is 2. The molecule has 0 unspecified atom stereocenters. The van der Waals surface area contributed by atoms with Gasteiger partial charge in [-0.2, -0.15) is 5.26 Å². The van der Waals surface area contributed by atoms with Gasteiger partial charge in [-0.3, -0.25) is 29.4 Å². The van der Waals surface area contributed by atoms with E-state index in [-0.39, 0.29) is 47.1 Å². The lowest BCUT2D eigenvalue weighted by Crippen LogP contribution is -2.74. The molecule has 1 atom stereocenters. The van der Waals surface area contributed by atoms with Crippen molar-refractivity contribution in [2.45, 2.75) is 84.5 Å². The monoisotopic (exact) mass is 795 g/mol. The highest BCUT2D eigenvalue weighted by atomic mass is 35.5. The third-order valence-electron chi connectivity index (χ3n) is 12.1. The summed E-state index contributed by atoms with van der Waals surface area (Å²) in [5, 5.41) is 15.1. The van der Waals surface area contributed by atoms with E-state index in [1.54, 1.807) is 35.4 Å². The molecule has 1 saturated carbocycles. The summed E-state index contributed by atoms with van der Waals surface area (Å²) < 4.78 is 12.5. The minimum Gasteiger partial charge on any atom is -0.493 e. The summed E-state index contributed by atoms with van der Waals surface area (Å²) in [5.74, 6) is 1.03. The molecular weight excluding hydrogens is 746 g/mol. The zero-order valence-electron chi connectivity index (χ0n) is 33.0. The van der Waals surface area contributed by atoms with Gasteiger partial charge in [0, 0.05) is 72.9 Å². The van der Waals surface area contributed by atoms with Crippen LogP contribution in [0, 0.1) is 22.2 Å². The first kappa shape index (κ1) is 40.0. The molecule has 2 aromatic carbocycles. The molecule has 13 nitrogen and oxygen atoms in total. The van der Waals surface area contributed by atoms with E-state index >= 15 is 0 Å². The topological polar surface area (TPSA) is 157 Å². The maximum atomic E-state index is 13.4. The van der Waals surface area contributed by atoms with Crippen molar-refractivity contribution < 1.29 is 28.7 Å². The molecule has 1 aliphatic carbocycles. The van der Waals surface area contributed by atoms with E-state index in [1.807, 2.05) is 24.3 Å². The summed E-state index contributed by atoms with van der Waals surface area (Å²) in [7, 11) is 0. The number of hydrogen-bond donors (Lipinski definition) is 2. The fourth-order valence-corrected chi connectivity index (χ4v) is 9.42. The van der Waals surface area contributed by atoms with Crippen molar-refractivity contribution in [3.05, 3.63) is 82.0 Å². The number of carbonyl (C=O) groups is 4. The molecule has 57 heavy (non-hydrogen) atoms. The number of unbranched alkanes of at least 4 members (excludes halogenated alkanes) is 2. The number of amides is 4. The summed E-state index contributed by atoms with van der Waals surface area (Å²) in [6.07, 6.45) is 4.96. The minimum atomic E-state index is -0.647. The van der Waals surface area contributed by atoms with Crippen molar-refractivity contribution >= 4 is 41.0 Å². The van der Waals surface area contributed by atoms with Crippen LogP contribution in [0.2, 0.25) is 5.02 Å². The van der Waals surface area contributed by atoms with Crippen LogP contribution in [0.15, 0.2) is 54.7 Å². The second kappa shape index (κ2) is 16.3. The molecule has 1 aromatic heterocycles. The number of rotatable bonds is 13. The van der Waals surface area contributed by atoms with Gasteiger partial charge in [0.05, 0.1) is 29.3 Å². The number of nitrogens with one attached hydrogen (secondary N) is 2. The lowest BCUT2D eigenvalue weighted by atomic mass is 9.49. The van der Waals surface area contributed by atoms with Gasteiger partial charge in [0.15, 0.2) is 0 Å². The van der Waals surface area contributed by atoms with Gasteiger partial charge in [0.25, 0.3) is 11.8 Å². The van der Waals surface area contributed by atoms with Crippen molar-refractivity contribution in [3.8, 4) is 17.6 Å². The van der Waals surface area contributed by atoms with E-state index in [1.165, 1.54) is 0 Å². The molecule has 0 bridgehead atoms. The van der Waals surface area contributed by atoms with Crippen LogP contribution in [0.25, 0.3) is 0 Å². The molecule has 2 N–H and O–H groups in total. The van der Waals surface area contributed by atoms with Crippen LogP contribution in [0.3, 0.4) is 0 Å². The normalized spacial score (nSPS) is 22.6. The molecule has 300 valence electrons. The maximum Gasteiger partial charge on any atom is 0.255 e. The predicted molar refractivity (Wildman–Crippen MR) is 214 cm³/mol. The Morgan fingerprint density at radius 1 is 1.02 bits per heavy atom. The van der Waals surface area contributed by atoms with Gasteiger partial charge in [0.2, 0.25) is 11.8 Å². The van der Waals surface area contributed by atoms with Crippen LogP contribution in [0.5, 0.6) is 11.5 Å². The van der Waals surface area contributed by atoms with Crippen LogP contribution in [0.1, 0.15) is 91.6 Å². The van der Waals surface area contributed by atoms with E-state index in [0.717, 1.165) is 63.4 Å². The van der Waals surface area contributed by atoms with E-state index in [0.29, 0.717) is 52.8 Å². The fraction of sp³-hybridized carbons (Fsp3) is 0.488. The average molecular weight is 796 g/mol. The van der Waals surface area contributed by atoms with Gasteiger partial charge in [-0.25, -0.2) is 4.98 Å². The van der Waals surface area contributed by atoms with Crippen molar-refractivity contribution in [2.24, 2.45) is 10.8 Å². The van der Waals surface area contributed by atoms with E-state index in [9.17, 15) is 24.4 Å². The lowest BCUT2D eigenvalue weighted by molar-refractivity contribution is -0.164. The summed E-state index contributed by atoms with van der Waals surface area (Å²) >= 11 is 6.24. The first-order chi connectivity index (χ1) is 27.3. The Bertz CT molecular complexity index is 2060. The standard InChI is InChI=1S/C43H50ClN7O6/c1-42(2)40(43(3,4)41(42)57-29-13-11-27(24-45)32(44)23-29)48-37(53)28-12-15-35(46-25-28)50-20-18-49(19-21-50)17-6-5-7-22-56-34-10-8-9-30-31(34)26-51(39(30)55)33-14-16-36(52)47-38(33)54/h8-13,15,23,25,33,40-41H,5-7,14,16-22,26H2,1-4H3,(H,48,53)(H,47,52,54)/t33-,40?,41?/m0/s1. The van der Waals surface area contributed by atoms with Gasteiger partial charge >= 0.3 is 0 Å². The van der Waals surface area contributed by atoms with Crippen LogP contribution in [0.4, 0.5) is 5.82 Å². The van der Waals surface area contributed by atoms with E-state index in [4.69, 9.17) is 21.1 Å². The average Bonchev–Trinajstić information content (AvgIpc) is 3.53. The van der Waals surface area contributed by atoms with Gasteiger partial charge in [-0.15, -0.1) is 0 Å². The highest BCUT2D eigenvalue weighted by Gasteiger charge is 2.64. The van der Waals surface area contributed by atoms with Gasteiger partial charge < -0.3 is 24.6 Å². The molecule has 14 heteroatoms. The van der Waals surface area contributed by atoms with Gasteiger partial charge in [-0.05, 0) is 68.6 Å². The number of aromatic nitrogens is 1. The smallest absolute Gasteiger partial charge is 0.255 e. The van der Waals surface area contributed by atoms with Crippen LogP contribution in [-0.2, 0) is 16.1 Å². The quantitative estimate of drug-likeness (QED) is 0.171. The molecular formula is C43H50ClN7O6. The Kier molecular flexibility index (Phi) is 11.5. The first-order valence-corrected chi connectivity index (χ1v) is 20.2. The number of fused-ring (bicyclic) bond motifs is 1. The molecule has 3 aromatic rings. The number of ether oxygens (including phenoxy) is 2. The zero-order valence-corrected chi connectivity index (χ0v) is 33.7. The number of pyridine rings is 1. The molecule has 0 spiro atoms. The number of halogens is 1. The number of nitrogens with zero attached hydrogens (tertiary/aromatic N) is 5. The lowest BCUT2D eigenvalue weighted by Gasteiger charge is -2.63. The summed E-state index contributed by atoms with van der Waals surface area (Å²) in [5.41, 5.74) is 1.53. The number of hydrogen-bond acceptors (Lipinski definition) is 10. The number of piperazine rings is 1. The molecule has 3 aliphatic heterocycles. The summed E-state index contributed by atoms with van der Waals surface area (Å²) in [6.45, 7) is 13.7. The maximum absolute atomic E-state index is 13.4. The Balaban J connectivity index is 0.812. The van der Waals surface area contributed by atoms with Gasteiger partial charge in [-0.1, -0.05) is 45.4 Å². The van der Waals surface area contributed by atoms with Crippen LogP contribution in [-0.4, -0.2) is 95.9 Å². The van der Waals surface area contributed by atoms with Crippen molar-refractivity contribution in [1.29, 1.82) is 5.26 Å². The minimum absolute atomic E-state index is 0.145. The number of nitriles is 1. The largest absolute Gasteiger partial charge is 0.493 e. The molecule has 3 fully saturated rings. The first-order valence-electron chi connectivity index (χ1n) is 19.8. The molecule has 4 amide bonds. The number of anilines is 1. The van der Waals surface area contributed by atoms with Crippen LogP contribution >= 0.6 is 11.6 Å². The number of imide groups is 1. The van der Waals surface area contributed by atoms with Crippen molar-refractivity contribution in [3.63, 3.8) is 0 Å². The Morgan fingerprint density at radius 2 is 1.79 bits per heavy atom. The summed E-state index contributed by atoms with van der Waals surface area (Å²) in [6, 6.07) is 15.6. The molecule has 4 heterocycles. The third-order valence-corrected chi connectivity index (χ3v) is 12.4. The van der Waals surface area contributed by atoms with E-state index in [2.05, 4.69) is 59.2 Å². The molecule has 7 rings (SSSR count). The fourth-order valence-electron chi connectivity index (χ4n) is 9.21. The summed E-state index contributed by atoms with van der Waals surface area (Å²) in [4.78, 5) is 61.4. The molecule has 4 aliphatic rings. The Morgan fingerprint density at radius 3 is 2.47 bits per heavy atom. The molecule has 2 saturated heterocycles. The van der Waals surface area contributed by atoms with Gasteiger partial charge in [0.1, 0.15) is 35.5 Å². The predicted octanol–water partition coefficient (Wildman–Crippen LogP) is 5.35. The van der Waals surface area contributed by atoms with Crippen LogP contribution < -0.4 is 25.0 Å².